The molecule has 18 heavy (non-hydrogen) atoms. The van der Waals surface area contributed by atoms with Gasteiger partial charge in [0.25, 0.3) is 0 Å². The summed E-state index contributed by atoms with van der Waals surface area (Å²) in [5.41, 5.74) is 0.830. The number of rotatable bonds is 9. The van der Waals surface area contributed by atoms with Gasteiger partial charge in [-0.25, -0.2) is 0 Å². The predicted molar refractivity (Wildman–Crippen MR) is 71.6 cm³/mol. The van der Waals surface area contributed by atoms with E-state index in [2.05, 4.69) is 13.8 Å². The molecule has 0 aliphatic heterocycles. The minimum Gasteiger partial charge on any atom is -0.167 e. The van der Waals surface area contributed by atoms with Crippen LogP contribution in [0.3, 0.4) is 0 Å². The maximum atomic E-state index is 12.1. The second-order valence-corrected chi connectivity index (χ2v) is 4.61. The van der Waals surface area contributed by atoms with E-state index in [9.17, 15) is 13.2 Å². The summed E-state index contributed by atoms with van der Waals surface area (Å²) in [5.74, 6) is 0. The number of alkyl halides is 3. The summed E-state index contributed by atoms with van der Waals surface area (Å²) < 4.78 is 36.4. The molecule has 3 heteroatoms. The summed E-state index contributed by atoms with van der Waals surface area (Å²) in [5, 5.41) is 0. The Hall–Kier alpha value is -0.730. The normalized spacial score (nSPS) is 13.5. The highest BCUT2D eigenvalue weighted by molar-refractivity contribution is 5.19. The van der Waals surface area contributed by atoms with Crippen molar-refractivity contribution >= 4 is 0 Å². The Balaban J connectivity index is 4.27. The van der Waals surface area contributed by atoms with Crippen LogP contribution in [0.2, 0.25) is 0 Å². The van der Waals surface area contributed by atoms with Crippen LogP contribution in [0.25, 0.3) is 0 Å². The monoisotopic (exact) mass is 262 g/mol. The van der Waals surface area contributed by atoms with Gasteiger partial charge in [-0.2, -0.15) is 13.2 Å². The molecule has 0 bridgehead atoms. The van der Waals surface area contributed by atoms with E-state index in [1.807, 2.05) is 6.08 Å². The molecule has 106 valence electrons. The molecule has 0 spiro atoms. The van der Waals surface area contributed by atoms with Crippen LogP contribution in [0.1, 0.15) is 65.2 Å². The van der Waals surface area contributed by atoms with Crippen LogP contribution in [0.5, 0.6) is 0 Å². The molecule has 0 rings (SSSR count). The van der Waals surface area contributed by atoms with Crippen LogP contribution in [0.4, 0.5) is 13.2 Å². The topological polar surface area (TPSA) is 0 Å². The smallest absolute Gasteiger partial charge is 0.167 e. The highest BCUT2D eigenvalue weighted by atomic mass is 19.4. The largest absolute Gasteiger partial charge is 0.409 e. The molecule has 0 unspecified atom stereocenters. The third-order valence-electron chi connectivity index (χ3n) is 2.77. The number of hydrogen-bond donors (Lipinski definition) is 0. The van der Waals surface area contributed by atoms with Gasteiger partial charge in [0.05, 0.1) is 0 Å². The second kappa shape index (κ2) is 10.2. The molecule has 0 aliphatic carbocycles. The zero-order valence-electron chi connectivity index (χ0n) is 11.5. The van der Waals surface area contributed by atoms with Crippen LogP contribution in [-0.4, -0.2) is 6.18 Å². The van der Waals surface area contributed by atoms with Crippen molar-refractivity contribution in [2.24, 2.45) is 0 Å². The summed E-state index contributed by atoms with van der Waals surface area (Å²) in [6.07, 6.45) is 7.47. The van der Waals surface area contributed by atoms with Crippen molar-refractivity contribution in [3.63, 3.8) is 0 Å². The van der Waals surface area contributed by atoms with E-state index in [1.165, 1.54) is 6.08 Å². The Morgan fingerprint density at radius 3 is 2.11 bits per heavy atom. The van der Waals surface area contributed by atoms with Gasteiger partial charge in [-0.15, -0.1) is 0 Å². The Bertz CT molecular complexity index is 249. The summed E-state index contributed by atoms with van der Waals surface area (Å²) in [6, 6.07) is 0. The van der Waals surface area contributed by atoms with Crippen molar-refractivity contribution in [2.75, 3.05) is 0 Å². The van der Waals surface area contributed by atoms with E-state index in [4.69, 9.17) is 0 Å². The first-order valence-corrected chi connectivity index (χ1v) is 6.94. The van der Waals surface area contributed by atoms with Gasteiger partial charge in [0.1, 0.15) is 0 Å². The van der Waals surface area contributed by atoms with Gasteiger partial charge < -0.3 is 0 Å². The molecule has 0 aromatic rings. The van der Waals surface area contributed by atoms with E-state index >= 15 is 0 Å². The average Bonchev–Trinajstić information content (AvgIpc) is 2.29. The fraction of sp³-hybridized carbons (Fsp3) is 0.733. The molecule has 0 atom stereocenters. The Labute approximate surface area is 109 Å². The number of allylic oxidation sites excluding steroid dienone is 4. The molecule has 0 aliphatic rings. The molecule has 0 aromatic heterocycles. The molecular formula is C15H25F3. The summed E-state index contributed by atoms with van der Waals surface area (Å²) in [6.45, 7) is 4.21. The minimum absolute atomic E-state index is 0.352. The van der Waals surface area contributed by atoms with Crippen LogP contribution >= 0.6 is 0 Å². The van der Waals surface area contributed by atoms with E-state index in [-0.39, 0.29) is 0 Å². The molecule has 0 heterocycles. The Morgan fingerprint density at radius 1 is 0.944 bits per heavy atom. The third kappa shape index (κ3) is 11.7. The van der Waals surface area contributed by atoms with Gasteiger partial charge in [-0.05, 0) is 25.7 Å². The number of hydrogen-bond acceptors (Lipinski definition) is 0. The molecule has 0 saturated carbocycles. The lowest BCUT2D eigenvalue weighted by molar-refractivity contribution is -0.0798. The zero-order valence-corrected chi connectivity index (χ0v) is 11.5. The Kier molecular flexibility index (Phi) is 9.80. The molecule has 0 amide bonds. The van der Waals surface area contributed by atoms with Gasteiger partial charge >= 0.3 is 6.18 Å². The standard InChI is InChI=1S/C15H25F3/c1-3-5-7-9-11-14(10-8-6-4-2)12-13-15(16,17)18/h11-13H,3-10H2,1-2H3/b13-12+,14-11+. The van der Waals surface area contributed by atoms with Crippen molar-refractivity contribution < 1.29 is 13.2 Å². The van der Waals surface area contributed by atoms with Gasteiger partial charge in [0, 0.05) is 6.08 Å². The van der Waals surface area contributed by atoms with Crippen molar-refractivity contribution in [1.29, 1.82) is 0 Å². The lowest BCUT2D eigenvalue weighted by Gasteiger charge is -2.04. The first-order chi connectivity index (χ1) is 8.49. The highest BCUT2D eigenvalue weighted by Gasteiger charge is 2.21. The SMILES string of the molecule is CCCCC/C=C(/C=C/C(F)(F)F)CCCCC. The van der Waals surface area contributed by atoms with Gasteiger partial charge in [-0.1, -0.05) is 57.3 Å². The number of halogens is 3. The fourth-order valence-corrected chi connectivity index (χ4v) is 1.72. The van der Waals surface area contributed by atoms with Crippen molar-refractivity contribution in [2.45, 2.75) is 71.4 Å². The lowest BCUT2D eigenvalue weighted by atomic mass is 10.0. The summed E-state index contributed by atoms with van der Waals surface area (Å²) >= 11 is 0. The summed E-state index contributed by atoms with van der Waals surface area (Å²) in [4.78, 5) is 0. The van der Waals surface area contributed by atoms with E-state index < -0.39 is 6.18 Å². The summed E-state index contributed by atoms with van der Waals surface area (Å²) in [7, 11) is 0. The third-order valence-corrected chi connectivity index (χ3v) is 2.77. The average molecular weight is 262 g/mol. The molecular weight excluding hydrogens is 237 g/mol. The van der Waals surface area contributed by atoms with Crippen molar-refractivity contribution in [3.8, 4) is 0 Å². The molecule has 0 fully saturated rings. The van der Waals surface area contributed by atoms with Gasteiger partial charge in [-0.3, -0.25) is 0 Å². The quantitative estimate of drug-likeness (QED) is 0.343. The van der Waals surface area contributed by atoms with Crippen LogP contribution in [-0.2, 0) is 0 Å². The molecule has 0 N–H and O–H groups in total. The molecule has 0 radical (unpaired) electrons. The van der Waals surface area contributed by atoms with Gasteiger partial charge in [0.15, 0.2) is 0 Å². The van der Waals surface area contributed by atoms with E-state index in [0.717, 1.165) is 56.9 Å². The molecule has 0 nitrogen and oxygen atoms in total. The maximum Gasteiger partial charge on any atom is 0.409 e. The Morgan fingerprint density at radius 2 is 1.56 bits per heavy atom. The minimum atomic E-state index is -4.20. The van der Waals surface area contributed by atoms with Crippen LogP contribution in [0, 0.1) is 0 Å². The highest BCUT2D eigenvalue weighted by Crippen LogP contribution is 2.20. The first-order valence-electron chi connectivity index (χ1n) is 6.94. The lowest BCUT2D eigenvalue weighted by Crippen LogP contribution is -2.00. The van der Waals surface area contributed by atoms with Gasteiger partial charge in [0.2, 0.25) is 0 Å². The van der Waals surface area contributed by atoms with Crippen LogP contribution in [0.15, 0.2) is 23.8 Å². The fourth-order valence-electron chi connectivity index (χ4n) is 1.72. The first kappa shape index (κ1) is 17.3. The number of unbranched alkanes of at least 4 members (excludes halogenated alkanes) is 5. The molecule has 0 aromatic carbocycles. The predicted octanol–water partition coefficient (Wildman–Crippen LogP) is 6.19. The zero-order chi connectivity index (χ0) is 13.9. The van der Waals surface area contributed by atoms with Crippen molar-refractivity contribution in [1.82, 2.24) is 0 Å². The molecule has 0 saturated heterocycles. The van der Waals surface area contributed by atoms with Crippen LogP contribution < -0.4 is 0 Å². The maximum absolute atomic E-state index is 12.1. The second-order valence-electron chi connectivity index (χ2n) is 4.61. The van der Waals surface area contributed by atoms with E-state index in [1.54, 1.807) is 0 Å². The van der Waals surface area contributed by atoms with Crippen molar-refractivity contribution in [3.05, 3.63) is 23.8 Å². The van der Waals surface area contributed by atoms with E-state index in [0.29, 0.717) is 6.08 Å².